The standard InChI is InChI=1S/C21H30N4O2/c1-14(2)12-19(26)24-8-5-9-25(11-10-24)21(27)16-6-7-17-18(13-16)23-20(22-17)15(3)4/h6-7,13-15H,5,8-12H2,1-4H3,(H,22,23). The number of carbonyl (C=O) groups excluding carboxylic acids is 2. The number of carbonyl (C=O) groups is 2. The van der Waals surface area contributed by atoms with Crippen LogP contribution in [0.2, 0.25) is 0 Å². The molecule has 0 aliphatic carbocycles. The Bertz CT molecular complexity index is 825. The second kappa shape index (κ2) is 8.11. The molecule has 1 fully saturated rings. The van der Waals surface area contributed by atoms with E-state index in [-0.39, 0.29) is 11.8 Å². The zero-order valence-corrected chi connectivity index (χ0v) is 16.8. The fourth-order valence-electron chi connectivity index (χ4n) is 3.47. The number of aromatic nitrogens is 2. The average molecular weight is 370 g/mol. The monoisotopic (exact) mass is 370 g/mol. The number of amides is 2. The Morgan fingerprint density at radius 2 is 1.78 bits per heavy atom. The van der Waals surface area contributed by atoms with Gasteiger partial charge in [0.05, 0.1) is 11.0 Å². The molecular weight excluding hydrogens is 340 g/mol. The quantitative estimate of drug-likeness (QED) is 0.897. The van der Waals surface area contributed by atoms with Crippen molar-refractivity contribution in [1.82, 2.24) is 19.8 Å². The maximum Gasteiger partial charge on any atom is 0.253 e. The highest BCUT2D eigenvalue weighted by Gasteiger charge is 2.23. The van der Waals surface area contributed by atoms with Crippen molar-refractivity contribution in [1.29, 1.82) is 0 Å². The number of hydrogen-bond donors (Lipinski definition) is 1. The fraction of sp³-hybridized carbons (Fsp3) is 0.571. The van der Waals surface area contributed by atoms with Crippen LogP contribution in [0.3, 0.4) is 0 Å². The van der Waals surface area contributed by atoms with Crippen LogP contribution in [-0.2, 0) is 4.79 Å². The van der Waals surface area contributed by atoms with E-state index in [1.165, 1.54) is 0 Å². The number of nitrogens with zero attached hydrogens (tertiary/aromatic N) is 3. The molecule has 0 atom stereocenters. The van der Waals surface area contributed by atoms with Crippen molar-refractivity contribution in [2.75, 3.05) is 26.2 Å². The Labute approximate surface area is 160 Å². The van der Waals surface area contributed by atoms with Crippen molar-refractivity contribution < 1.29 is 9.59 Å². The molecule has 2 heterocycles. The van der Waals surface area contributed by atoms with Gasteiger partial charge < -0.3 is 14.8 Å². The van der Waals surface area contributed by atoms with Crippen molar-refractivity contribution in [3.63, 3.8) is 0 Å². The normalized spacial score (nSPS) is 15.6. The molecule has 1 aliphatic rings. The number of imidazole rings is 1. The summed E-state index contributed by atoms with van der Waals surface area (Å²) >= 11 is 0. The molecule has 146 valence electrons. The molecular formula is C21H30N4O2. The SMILES string of the molecule is CC(C)CC(=O)N1CCCN(C(=O)c2ccc3nc(C(C)C)[nH]c3c2)CC1. The predicted octanol–water partition coefficient (Wildman–Crippen LogP) is 3.41. The summed E-state index contributed by atoms with van der Waals surface area (Å²) in [6.07, 6.45) is 1.39. The van der Waals surface area contributed by atoms with Crippen LogP contribution in [0.1, 0.15) is 62.6 Å². The molecule has 1 N–H and O–H groups in total. The minimum Gasteiger partial charge on any atom is -0.342 e. The highest BCUT2D eigenvalue weighted by molar-refractivity contribution is 5.97. The molecule has 1 aromatic carbocycles. The van der Waals surface area contributed by atoms with Crippen LogP contribution < -0.4 is 0 Å². The van der Waals surface area contributed by atoms with E-state index in [4.69, 9.17) is 0 Å². The van der Waals surface area contributed by atoms with Crippen LogP contribution in [0, 0.1) is 5.92 Å². The maximum atomic E-state index is 13.0. The molecule has 0 bridgehead atoms. The number of aromatic amines is 1. The number of rotatable bonds is 4. The van der Waals surface area contributed by atoms with E-state index in [1.807, 2.05) is 28.0 Å². The van der Waals surface area contributed by atoms with Crippen LogP contribution in [0.25, 0.3) is 11.0 Å². The number of fused-ring (bicyclic) bond motifs is 1. The molecule has 6 nitrogen and oxygen atoms in total. The van der Waals surface area contributed by atoms with E-state index in [0.29, 0.717) is 43.5 Å². The highest BCUT2D eigenvalue weighted by Crippen LogP contribution is 2.20. The summed E-state index contributed by atoms with van der Waals surface area (Å²) in [6, 6.07) is 5.65. The smallest absolute Gasteiger partial charge is 0.253 e. The molecule has 0 unspecified atom stereocenters. The zero-order valence-electron chi connectivity index (χ0n) is 16.8. The Balaban J connectivity index is 1.70. The molecule has 1 aromatic heterocycles. The Morgan fingerprint density at radius 1 is 1.07 bits per heavy atom. The molecule has 1 saturated heterocycles. The summed E-state index contributed by atoms with van der Waals surface area (Å²) in [5.41, 5.74) is 2.45. The van der Waals surface area contributed by atoms with Crippen molar-refractivity contribution >= 4 is 22.8 Å². The van der Waals surface area contributed by atoms with Crippen LogP contribution in [0.15, 0.2) is 18.2 Å². The first-order valence-electron chi connectivity index (χ1n) is 9.92. The summed E-state index contributed by atoms with van der Waals surface area (Å²) in [5.74, 6) is 1.82. The van der Waals surface area contributed by atoms with Crippen molar-refractivity contribution in [3.8, 4) is 0 Å². The van der Waals surface area contributed by atoms with Crippen LogP contribution in [-0.4, -0.2) is 57.8 Å². The number of nitrogens with one attached hydrogen (secondary N) is 1. The molecule has 1 aliphatic heterocycles. The van der Waals surface area contributed by atoms with E-state index in [2.05, 4.69) is 37.7 Å². The molecule has 0 saturated carbocycles. The first kappa shape index (κ1) is 19.4. The lowest BCUT2D eigenvalue weighted by molar-refractivity contribution is -0.131. The van der Waals surface area contributed by atoms with Crippen LogP contribution >= 0.6 is 0 Å². The highest BCUT2D eigenvalue weighted by atomic mass is 16.2. The molecule has 0 spiro atoms. The summed E-state index contributed by atoms with van der Waals surface area (Å²) in [6.45, 7) is 10.9. The van der Waals surface area contributed by atoms with Gasteiger partial charge in [0.1, 0.15) is 5.82 Å². The number of H-pyrrole nitrogens is 1. The van der Waals surface area contributed by atoms with Gasteiger partial charge in [0.25, 0.3) is 5.91 Å². The van der Waals surface area contributed by atoms with Gasteiger partial charge in [0.2, 0.25) is 5.91 Å². The maximum absolute atomic E-state index is 13.0. The van der Waals surface area contributed by atoms with Crippen molar-refractivity contribution in [2.24, 2.45) is 5.92 Å². The first-order chi connectivity index (χ1) is 12.8. The van der Waals surface area contributed by atoms with Gasteiger partial charge in [-0.25, -0.2) is 4.98 Å². The van der Waals surface area contributed by atoms with Crippen LogP contribution in [0.4, 0.5) is 0 Å². The topological polar surface area (TPSA) is 69.3 Å². The third-order valence-corrected chi connectivity index (χ3v) is 5.01. The van der Waals surface area contributed by atoms with Gasteiger partial charge in [-0.3, -0.25) is 9.59 Å². The lowest BCUT2D eigenvalue weighted by Crippen LogP contribution is -2.37. The van der Waals surface area contributed by atoms with Gasteiger partial charge in [0, 0.05) is 44.1 Å². The third kappa shape index (κ3) is 4.49. The summed E-state index contributed by atoms with van der Waals surface area (Å²) in [4.78, 5) is 36.9. The van der Waals surface area contributed by atoms with Crippen molar-refractivity contribution in [3.05, 3.63) is 29.6 Å². The van der Waals surface area contributed by atoms with E-state index in [1.54, 1.807) is 0 Å². The Morgan fingerprint density at radius 3 is 2.48 bits per heavy atom. The van der Waals surface area contributed by atoms with E-state index >= 15 is 0 Å². The largest absolute Gasteiger partial charge is 0.342 e. The molecule has 2 amide bonds. The van der Waals surface area contributed by atoms with Gasteiger partial charge in [-0.1, -0.05) is 27.7 Å². The average Bonchev–Trinajstić information content (AvgIpc) is 2.89. The second-order valence-corrected chi connectivity index (χ2v) is 8.13. The number of hydrogen-bond acceptors (Lipinski definition) is 3. The van der Waals surface area contributed by atoms with E-state index in [9.17, 15) is 9.59 Å². The zero-order chi connectivity index (χ0) is 19.6. The van der Waals surface area contributed by atoms with Gasteiger partial charge in [-0.2, -0.15) is 0 Å². The van der Waals surface area contributed by atoms with Crippen molar-refractivity contribution in [2.45, 2.75) is 46.5 Å². The van der Waals surface area contributed by atoms with E-state index < -0.39 is 0 Å². The molecule has 27 heavy (non-hydrogen) atoms. The second-order valence-electron chi connectivity index (χ2n) is 8.13. The third-order valence-electron chi connectivity index (χ3n) is 5.01. The fourth-order valence-corrected chi connectivity index (χ4v) is 3.47. The van der Waals surface area contributed by atoms with Crippen LogP contribution in [0.5, 0.6) is 0 Å². The molecule has 6 heteroatoms. The first-order valence-corrected chi connectivity index (χ1v) is 9.92. The summed E-state index contributed by atoms with van der Waals surface area (Å²) in [7, 11) is 0. The Kier molecular flexibility index (Phi) is 5.82. The molecule has 2 aromatic rings. The minimum absolute atomic E-state index is 0.0238. The van der Waals surface area contributed by atoms with Gasteiger partial charge in [-0.05, 0) is 30.5 Å². The van der Waals surface area contributed by atoms with Gasteiger partial charge in [0.15, 0.2) is 0 Å². The Hall–Kier alpha value is -2.37. The summed E-state index contributed by atoms with van der Waals surface area (Å²) in [5, 5.41) is 0. The minimum atomic E-state index is 0.0238. The number of benzene rings is 1. The predicted molar refractivity (Wildman–Crippen MR) is 107 cm³/mol. The van der Waals surface area contributed by atoms with Gasteiger partial charge >= 0.3 is 0 Å². The lowest BCUT2D eigenvalue weighted by Gasteiger charge is -2.23. The molecule has 0 radical (unpaired) electrons. The summed E-state index contributed by atoms with van der Waals surface area (Å²) < 4.78 is 0. The van der Waals surface area contributed by atoms with E-state index in [0.717, 1.165) is 29.8 Å². The van der Waals surface area contributed by atoms with Gasteiger partial charge in [-0.15, -0.1) is 0 Å². The molecule has 3 rings (SSSR count). The lowest BCUT2D eigenvalue weighted by atomic mass is 10.1.